The van der Waals surface area contributed by atoms with Gasteiger partial charge in [0.15, 0.2) is 0 Å². The molecule has 0 heterocycles. The Morgan fingerprint density at radius 3 is 2.52 bits per heavy atom. The average Bonchev–Trinajstić information content (AvgIpc) is 2.64. The maximum Gasteiger partial charge on any atom is 0.133 e. The van der Waals surface area contributed by atoms with E-state index in [9.17, 15) is 0 Å². The first-order valence-electron chi connectivity index (χ1n) is 8.00. The summed E-state index contributed by atoms with van der Waals surface area (Å²) in [6.45, 7) is 7.14. The van der Waals surface area contributed by atoms with Crippen molar-refractivity contribution in [1.29, 1.82) is 0 Å². The van der Waals surface area contributed by atoms with E-state index in [-0.39, 0.29) is 0 Å². The van der Waals surface area contributed by atoms with Crippen molar-refractivity contribution in [3.8, 4) is 5.75 Å². The summed E-state index contributed by atoms with van der Waals surface area (Å²) >= 11 is 3.56. The number of halogens is 1. The molecule has 2 nitrogen and oxygen atoms in total. The molecule has 0 amide bonds. The molecule has 2 rings (SSSR count). The highest BCUT2D eigenvalue weighted by Crippen LogP contribution is 2.37. The van der Waals surface area contributed by atoms with Gasteiger partial charge in [-0.25, -0.2) is 0 Å². The van der Waals surface area contributed by atoms with Crippen molar-refractivity contribution >= 4 is 21.6 Å². The molecule has 0 saturated heterocycles. The largest absolute Gasteiger partial charge is 0.496 e. The van der Waals surface area contributed by atoms with E-state index in [0.717, 1.165) is 16.1 Å². The molecule has 1 aliphatic carbocycles. The molecule has 1 N–H and O–H groups in total. The first-order valence-corrected chi connectivity index (χ1v) is 8.79. The number of benzene rings is 1. The SMILES string of the molecule is COc1ccc(NC2CCCC(C(C)(C)C)CC2)cc1Br. The summed E-state index contributed by atoms with van der Waals surface area (Å²) in [5.41, 5.74) is 1.62. The highest BCUT2D eigenvalue weighted by atomic mass is 79.9. The Kier molecular flexibility index (Phi) is 5.59. The van der Waals surface area contributed by atoms with Gasteiger partial charge in [-0.2, -0.15) is 0 Å². The van der Waals surface area contributed by atoms with Crippen LogP contribution in [0.3, 0.4) is 0 Å². The topological polar surface area (TPSA) is 21.3 Å². The Balaban J connectivity index is 1.96. The van der Waals surface area contributed by atoms with Crippen LogP contribution in [0.25, 0.3) is 0 Å². The van der Waals surface area contributed by atoms with Crippen LogP contribution in [0.2, 0.25) is 0 Å². The van der Waals surface area contributed by atoms with Crippen molar-refractivity contribution in [2.75, 3.05) is 12.4 Å². The lowest BCUT2D eigenvalue weighted by Crippen LogP contribution is -2.21. The van der Waals surface area contributed by atoms with Crippen LogP contribution < -0.4 is 10.1 Å². The van der Waals surface area contributed by atoms with E-state index in [1.165, 1.54) is 37.8 Å². The normalized spacial score (nSPS) is 23.5. The van der Waals surface area contributed by atoms with Gasteiger partial charge in [-0.15, -0.1) is 0 Å². The Labute approximate surface area is 137 Å². The van der Waals surface area contributed by atoms with Crippen molar-refractivity contribution in [2.45, 2.75) is 58.9 Å². The second kappa shape index (κ2) is 7.04. The summed E-state index contributed by atoms with van der Waals surface area (Å²) in [5.74, 6) is 1.74. The Morgan fingerprint density at radius 2 is 1.90 bits per heavy atom. The van der Waals surface area contributed by atoms with E-state index in [1.807, 2.05) is 6.07 Å². The zero-order valence-electron chi connectivity index (χ0n) is 13.7. The number of ether oxygens (including phenoxy) is 1. The van der Waals surface area contributed by atoms with E-state index in [1.54, 1.807) is 7.11 Å². The quantitative estimate of drug-likeness (QED) is 0.686. The molecular formula is C18H28BrNO. The van der Waals surface area contributed by atoms with Crippen LogP contribution in [0.1, 0.15) is 52.9 Å². The molecule has 0 aromatic heterocycles. The third-order valence-corrected chi connectivity index (χ3v) is 5.34. The van der Waals surface area contributed by atoms with Gasteiger partial charge in [0.05, 0.1) is 11.6 Å². The predicted octanol–water partition coefficient (Wildman–Crippen LogP) is 5.86. The Morgan fingerprint density at radius 1 is 1.14 bits per heavy atom. The zero-order valence-corrected chi connectivity index (χ0v) is 15.3. The van der Waals surface area contributed by atoms with Gasteiger partial charge in [0, 0.05) is 11.7 Å². The Hall–Kier alpha value is -0.700. The lowest BCUT2D eigenvalue weighted by Gasteiger charge is -2.29. The van der Waals surface area contributed by atoms with Gasteiger partial charge in [-0.3, -0.25) is 0 Å². The lowest BCUT2D eigenvalue weighted by atomic mass is 9.76. The molecule has 1 saturated carbocycles. The number of rotatable bonds is 3. The first-order chi connectivity index (χ1) is 9.90. The minimum absolute atomic E-state index is 0.442. The fraction of sp³-hybridized carbons (Fsp3) is 0.667. The number of anilines is 1. The van der Waals surface area contributed by atoms with Crippen molar-refractivity contribution in [2.24, 2.45) is 11.3 Å². The van der Waals surface area contributed by atoms with Crippen molar-refractivity contribution < 1.29 is 4.74 Å². The van der Waals surface area contributed by atoms with E-state index in [2.05, 4.69) is 54.2 Å². The smallest absolute Gasteiger partial charge is 0.133 e. The molecule has 118 valence electrons. The third-order valence-electron chi connectivity index (χ3n) is 4.72. The highest BCUT2D eigenvalue weighted by molar-refractivity contribution is 9.10. The van der Waals surface area contributed by atoms with E-state index < -0.39 is 0 Å². The van der Waals surface area contributed by atoms with Crippen LogP contribution >= 0.6 is 15.9 Å². The standard InChI is InChI=1S/C18H28BrNO/c1-18(2,3)13-6-5-7-14(9-8-13)20-15-10-11-17(21-4)16(19)12-15/h10-14,20H,5-9H2,1-4H3. The van der Waals surface area contributed by atoms with Gasteiger partial charge < -0.3 is 10.1 Å². The zero-order chi connectivity index (χ0) is 15.5. The van der Waals surface area contributed by atoms with Crippen molar-refractivity contribution in [1.82, 2.24) is 0 Å². The average molecular weight is 354 g/mol. The second-order valence-corrected chi connectivity index (χ2v) is 8.12. The molecule has 0 aliphatic heterocycles. The molecule has 2 atom stereocenters. The van der Waals surface area contributed by atoms with Gasteiger partial charge >= 0.3 is 0 Å². The van der Waals surface area contributed by atoms with Crippen molar-refractivity contribution in [3.05, 3.63) is 22.7 Å². The fourth-order valence-electron chi connectivity index (χ4n) is 3.30. The minimum atomic E-state index is 0.442. The van der Waals surface area contributed by atoms with Gasteiger partial charge in [0.25, 0.3) is 0 Å². The second-order valence-electron chi connectivity index (χ2n) is 7.26. The monoisotopic (exact) mass is 353 g/mol. The van der Waals surface area contributed by atoms with Crippen LogP contribution in [0.4, 0.5) is 5.69 Å². The summed E-state index contributed by atoms with van der Waals surface area (Å²) in [6, 6.07) is 6.83. The molecule has 0 bridgehead atoms. The fourth-order valence-corrected chi connectivity index (χ4v) is 3.84. The van der Waals surface area contributed by atoms with Gasteiger partial charge in [-0.05, 0) is 71.1 Å². The maximum atomic E-state index is 5.29. The van der Waals surface area contributed by atoms with Gasteiger partial charge in [0.2, 0.25) is 0 Å². The van der Waals surface area contributed by atoms with Crippen LogP contribution in [-0.4, -0.2) is 13.2 Å². The van der Waals surface area contributed by atoms with Gasteiger partial charge in [-0.1, -0.05) is 27.2 Å². The van der Waals surface area contributed by atoms with Crippen molar-refractivity contribution in [3.63, 3.8) is 0 Å². The minimum Gasteiger partial charge on any atom is -0.496 e. The molecule has 21 heavy (non-hydrogen) atoms. The van der Waals surface area contributed by atoms with Crippen LogP contribution in [-0.2, 0) is 0 Å². The number of methoxy groups -OCH3 is 1. The molecule has 3 heteroatoms. The molecule has 1 aromatic carbocycles. The predicted molar refractivity (Wildman–Crippen MR) is 94.1 cm³/mol. The molecule has 1 aromatic rings. The molecular weight excluding hydrogens is 326 g/mol. The number of hydrogen-bond acceptors (Lipinski definition) is 2. The molecule has 1 fully saturated rings. The molecule has 2 unspecified atom stereocenters. The third kappa shape index (κ3) is 4.64. The Bertz CT molecular complexity index is 467. The number of hydrogen-bond donors (Lipinski definition) is 1. The maximum absolute atomic E-state index is 5.29. The number of nitrogens with one attached hydrogen (secondary N) is 1. The summed E-state index contributed by atoms with van der Waals surface area (Å²) in [5, 5.41) is 3.70. The van der Waals surface area contributed by atoms with E-state index >= 15 is 0 Å². The molecule has 0 spiro atoms. The highest BCUT2D eigenvalue weighted by Gasteiger charge is 2.27. The summed E-state index contributed by atoms with van der Waals surface area (Å²) in [6.07, 6.45) is 6.57. The van der Waals surface area contributed by atoms with E-state index in [4.69, 9.17) is 4.74 Å². The summed E-state index contributed by atoms with van der Waals surface area (Å²) in [7, 11) is 1.70. The van der Waals surface area contributed by atoms with E-state index in [0.29, 0.717) is 11.5 Å². The summed E-state index contributed by atoms with van der Waals surface area (Å²) in [4.78, 5) is 0. The summed E-state index contributed by atoms with van der Waals surface area (Å²) < 4.78 is 6.30. The first kappa shape index (κ1) is 16.7. The molecule has 1 aliphatic rings. The molecule has 0 radical (unpaired) electrons. The van der Waals surface area contributed by atoms with Crippen LogP contribution in [0.15, 0.2) is 22.7 Å². The van der Waals surface area contributed by atoms with Gasteiger partial charge in [0.1, 0.15) is 5.75 Å². The van der Waals surface area contributed by atoms with Crippen LogP contribution in [0.5, 0.6) is 5.75 Å². The van der Waals surface area contributed by atoms with Crippen LogP contribution in [0, 0.1) is 11.3 Å². The lowest BCUT2D eigenvalue weighted by molar-refractivity contribution is 0.214.